The second-order valence-corrected chi connectivity index (χ2v) is 5.26. The predicted octanol–water partition coefficient (Wildman–Crippen LogP) is 3.58. The molecule has 1 N–H and O–H groups in total. The van der Waals surface area contributed by atoms with Gasteiger partial charge in [-0.25, -0.2) is 0 Å². The van der Waals surface area contributed by atoms with Crippen LogP contribution in [0, 0.1) is 0 Å². The van der Waals surface area contributed by atoms with Crippen LogP contribution in [0.3, 0.4) is 0 Å². The minimum Gasteiger partial charge on any atom is -0.313 e. The molecule has 1 aromatic carbocycles. The first-order valence-corrected chi connectivity index (χ1v) is 7.31. The molecule has 106 valence electrons. The summed E-state index contributed by atoms with van der Waals surface area (Å²) in [6.45, 7) is 14.5. The van der Waals surface area contributed by atoms with Crippen LogP contribution in [0.4, 0.5) is 0 Å². The average Bonchev–Trinajstić information content (AvgIpc) is 2.40. The first-order valence-electron chi connectivity index (χ1n) is 7.31. The molecule has 0 fully saturated rings. The van der Waals surface area contributed by atoms with Crippen molar-refractivity contribution in [3.63, 3.8) is 0 Å². The quantitative estimate of drug-likeness (QED) is 0.539. The molecule has 0 amide bonds. The van der Waals surface area contributed by atoms with E-state index in [4.69, 9.17) is 0 Å². The monoisotopic (exact) mass is 260 g/mol. The highest BCUT2D eigenvalue weighted by Crippen LogP contribution is 2.13. The Labute approximate surface area is 118 Å². The molecule has 0 unspecified atom stereocenters. The van der Waals surface area contributed by atoms with Crippen LogP contribution in [-0.4, -0.2) is 24.0 Å². The van der Waals surface area contributed by atoms with Gasteiger partial charge < -0.3 is 5.32 Å². The van der Waals surface area contributed by atoms with Crippen LogP contribution in [0.15, 0.2) is 36.9 Å². The van der Waals surface area contributed by atoms with E-state index in [9.17, 15) is 0 Å². The molecule has 1 rings (SSSR count). The third-order valence-corrected chi connectivity index (χ3v) is 3.33. The Kier molecular flexibility index (Phi) is 7.46. The van der Waals surface area contributed by atoms with E-state index < -0.39 is 0 Å². The lowest BCUT2D eigenvalue weighted by molar-refractivity contribution is 0.236. The van der Waals surface area contributed by atoms with Crippen molar-refractivity contribution in [2.45, 2.75) is 46.3 Å². The lowest BCUT2D eigenvalue weighted by Crippen LogP contribution is -2.31. The molecule has 2 heteroatoms. The van der Waals surface area contributed by atoms with Gasteiger partial charge in [0.05, 0.1) is 0 Å². The van der Waals surface area contributed by atoms with Gasteiger partial charge in [0, 0.05) is 25.7 Å². The van der Waals surface area contributed by atoms with Gasteiger partial charge in [-0.05, 0) is 37.9 Å². The van der Waals surface area contributed by atoms with Crippen LogP contribution < -0.4 is 5.32 Å². The molecule has 0 aromatic heterocycles. The molecule has 0 atom stereocenters. The Balaban J connectivity index is 2.72. The minimum absolute atomic E-state index is 0.537. The van der Waals surface area contributed by atoms with E-state index >= 15 is 0 Å². The molecule has 2 nitrogen and oxygen atoms in total. The van der Waals surface area contributed by atoms with Crippen LogP contribution in [0.5, 0.6) is 0 Å². The minimum atomic E-state index is 0.537. The molecule has 0 spiro atoms. The highest BCUT2D eigenvalue weighted by atomic mass is 15.1. The highest BCUT2D eigenvalue weighted by molar-refractivity contribution is 5.27. The summed E-state index contributed by atoms with van der Waals surface area (Å²) in [7, 11) is 0. The maximum atomic E-state index is 3.85. The molecule has 0 saturated carbocycles. The number of nitrogens with one attached hydrogen (secondary N) is 1. The first-order chi connectivity index (χ1) is 9.19. The number of hydrogen-bond donors (Lipinski definition) is 1. The molecule has 0 saturated heterocycles. The molecule has 0 bridgehead atoms. The normalized spacial score (nSPS) is 11.2. The van der Waals surface area contributed by atoms with Crippen LogP contribution in [0.2, 0.25) is 0 Å². The summed E-state index contributed by atoms with van der Waals surface area (Å²) in [6.07, 6.45) is 3.16. The van der Waals surface area contributed by atoms with Crippen LogP contribution in [0.25, 0.3) is 0 Å². The first kappa shape index (κ1) is 15.9. The summed E-state index contributed by atoms with van der Waals surface area (Å²) in [5.74, 6) is 0. The Morgan fingerprint density at radius 2 is 1.95 bits per heavy atom. The fraction of sp³-hybridized carbons (Fsp3) is 0.529. The standard InChI is InChI=1S/C17H28N2/c1-5-11-18-13-16-9-7-8-10-17(16)14-19(12-6-2)15(3)4/h6-10,15,18H,2,5,11-14H2,1,3-4H3. The number of benzene rings is 1. The highest BCUT2D eigenvalue weighted by Gasteiger charge is 2.10. The number of nitrogens with zero attached hydrogens (tertiary/aromatic N) is 1. The van der Waals surface area contributed by atoms with Crippen molar-refractivity contribution in [1.82, 2.24) is 10.2 Å². The summed E-state index contributed by atoms with van der Waals surface area (Å²) in [6, 6.07) is 9.26. The number of rotatable bonds is 9. The third kappa shape index (κ3) is 5.58. The molecule has 0 aliphatic heterocycles. The van der Waals surface area contributed by atoms with Gasteiger partial charge in [0.1, 0.15) is 0 Å². The second kappa shape index (κ2) is 8.89. The zero-order chi connectivity index (χ0) is 14.1. The van der Waals surface area contributed by atoms with Gasteiger partial charge in [0.15, 0.2) is 0 Å². The van der Waals surface area contributed by atoms with E-state index in [1.54, 1.807) is 0 Å². The van der Waals surface area contributed by atoms with Crippen molar-refractivity contribution in [3.8, 4) is 0 Å². The molecule has 0 aliphatic carbocycles. The van der Waals surface area contributed by atoms with Crippen LogP contribution >= 0.6 is 0 Å². The van der Waals surface area contributed by atoms with E-state index in [1.165, 1.54) is 17.5 Å². The average molecular weight is 260 g/mol. The molecule has 1 aromatic rings. The zero-order valence-electron chi connectivity index (χ0n) is 12.7. The van der Waals surface area contributed by atoms with Gasteiger partial charge >= 0.3 is 0 Å². The van der Waals surface area contributed by atoms with Crippen LogP contribution in [-0.2, 0) is 13.1 Å². The summed E-state index contributed by atoms with van der Waals surface area (Å²) in [5, 5.41) is 3.49. The van der Waals surface area contributed by atoms with Gasteiger partial charge in [-0.1, -0.05) is 37.3 Å². The Hall–Kier alpha value is -1.12. The fourth-order valence-corrected chi connectivity index (χ4v) is 2.13. The van der Waals surface area contributed by atoms with Crippen LogP contribution in [0.1, 0.15) is 38.3 Å². The fourth-order valence-electron chi connectivity index (χ4n) is 2.13. The molecule has 0 radical (unpaired) electrons. The third-order valence-electron chi connectivity index (χ3n) is 3.33. The van der Waals surface area contributed by atoms with E-state index in [1.807, 2.05) is 6.08 Å². The van der Waals surface area contributed by atoms with E-state index in [0.717, 1.165) is 26.2 Å². The van der Waals surface area contributed by atoms with E-state index in [0.29, 0.717) is 6.04 Å². The van der Waals surface area contributed by atoms with Crippen molar-refractivity contribution >= 4 is 0 Å². The van der Waals surface area contributed by atoms with Crippen molar-refractivity contribution < 1.29 is 0 Å². The maximum Gasteiger partial charge on any atom is 0.0242 e. The van der Waals surface area contributed by atoms with Gasteiger partial charge in [0.2, 0.25) is 0 Å². The molecule has 0 aliphatic rings. The van der Waals surface area contributed by atoms with Gasteiger partial charge in [-0.15, -0.1) is 6.58 Å². The summed E-state index contributed by atoms with van der Waals surface area (Å²) in [4.78, 5) is 2.44. The van der Waals surface area contributed by atoms with Gasteiger partial charge in [0.25, 0.3) is 0 Å². The molecule has 19 heavy (non-hydrogen) atoms. The van der Waals surface area contributed by atoms with Crippen molar-refractivity contribution in [2.24, 2.45) is 0 Å². The molecular weight excluding hydrogens is 232 g/mol. The van der Waals surface area contributed by atoms with Gasteiger partial charge in [-0.3, -0.25) is 4.90 Å². The zero-order valence-corrected chi connectivity index (χ0v) is 12.7. The summed E-state index contributed by atoms with van der Waals surface area (Å²) in [5.41, 5.74) is 2.83. The smallest absolute Gasteiger partial charge is 0.0242 e. The molecule has 0 heterocycles. The van der Waals surface area contributed by atoms with E-state index in [2.05, 4.69) is 61.8 Å². The second-order valence-electron chi connectivity index (χ2n) is 5.26. The van der Waals surface area contributed by atoms with Gasteiger partial charge in [-0.2, -0.15) is 0 Å². The lowest BCUT2D eigenvalue weighted by atomic mass is 10.1. The summed E-state index contributed by atoms with van der Waals surface area (Å²) < 4.78 is 0. The van der Waals surface area contributed by atoms with Crippen molar-refractivity contribution in [1.29, 1.82) is 0 Å². The Morgan fingerprint density at radius 3 is 2.53 bits per heavy atom. The topological polar surface area (TPSA) is 15.3 Å². The van der Waals surface area contributed by atoms with E-state index in [-0.39, 0.29) is 0 Å². The lowest BCUT2D eigenvalue weighted by Gasteiger charge is -2.26. The van der Waals surface area contributed by atoms with Crippen molar-refractivity contribution in [2.75, 3.05) is 13.1 Å². The predicted molar refractivity (Wildman–Crippen MR) is 84.2 cm³/mol. The Bertz CT molecular complexity index is 371. The van der Waals surface area contributed by atoms with Crippen molar-refractivity contribution in [3.05, 3.63) is 48.0 Å². The summed E-state index contributed by atoms with van der Waals surface area (Å²) >= 11 is 0. The maximum absolute atomic E-state index is 3.85. The molecular formula is C17H28N2. The largest absolute Gasteiger partial charge is 0.313 e. The Morgan fingerprint density at radius 1 is 1.26 bits per heavy atom. The SMILES string of the molecule is C=CCN(Cc1ccccc1CNCCC)C(C)C. The number of hydrogen-bond acceptors (Lipinski definition) is 2.